The lowest BCUT2D eigenvalue weighted by molar-refractivity contribution is 1.54. The van der Waals surface area contributed by atoms with Crippen molar-refractivity contribution in [2.24, 2.45) is 0 Å². The van der Waals surface area contributed by atoms with Crippen LogP contribution in [0.25, 0.3) is 21.8 Å². The van der Waals surface area contributed by atoms with Gasteiger partial charge in [-0.3, -0.25) is 0 Å². The Kier molecular flexibility index (Phi) is 3.84. The maximum Gasteiger partial charge on any atom is 0.0465 e. The Balaban J connectivity index is 0.000000170. The average Bonchev–Trinajstić information content (AvgIpc) is 2.88. The number of hydrogen-bond donors (Lipinski definition) is 1. The molecule has 1 nitrogen and oxygen atoms in total. The molecule has 98 valence electrons. The van der Waals surface area contributed by atoms with Crippen molar-refractivity contribution < 1.29 is 0 Å². The highest BCUT2D eigenvalue weighted by Gasteiger charge is 2.02. The Labute approximate surface area is 126 Å². The van der Waals surface area contributed by atoms with Gasteiger partial charge in [-0.1, -0.05) is 70.5 Å². The van der Waals surface area contributed by atoms with Gasteiger partial charge >= 0.3 is 0 Å². The van der Waals surface area contributed by atoms with Gasteiger partial charge in [0.15, 0.2) is 0 Å². The second-order valence-corrected chi connectivity index (χ2v) is 5.43. The van der Waals surface area contributed by atoms with Crippen LogP contribution < -0.4 is 0 Å². The summed E-state index contributed by atoms with van der Waals surface area (Å²) in [5.74, 6) is 0. The summed E-state index contributed by atoms with van der Waals surface area (Å²) in [7, 11) is 0. The van der Waals surface area contributed by atoms with Gasteiger partial charge in [-0.2, -0.15) is 0 Å². The van der Waals surface area contributed by atoms with Crippen molar-refractivity contribution in [3.05, 3.63) is 83.3 Å². The van der Waals surface area contributed by atoms with Gasteiger partial charge in [-0.15, -0.1) is 0 Å². The fourth-order valence-electron chi connectivity index (χ4n) is 2.21. The number of benzene rings is 3. The molecule has 0 aliphatic carbocycles. The number of rotatable bonds is 0. The standard InChI is InChI=1S/C12H8BrN.C6H6/c13-8-5-6-12-10(7-8)9-3-1-2-4-11(9)14-12;1-2-4-6-5-3-1/h1-7,14H;1-6H. The number of fused-ring (bicyclic) bond motifs is 3. The predicted octanol–water partition coefficient (Wildman–Crippen LogP) is 5.77. The molecular weight excluding hydrogens is 310 g/mol. The van der Waals surface area contributed by atoms with Crippen LogP contribution in [-0.2, 0) is 0 Å². The first-order valence-electron chi connectivity index (χ1n) is 6.50. The van der Waals surface area contributed by atoms with Crippen molar-refractivity contribution >= 4 is 37.7 Å². The van der Waals surface area contributed by atoms with Crippen molar-refractivity contribution in [3.63, 3.8) is 0 Å². The molecule has 3 aromatic carbocycles. The lowest BCUT2D eigenvalue weighted by Crippen LogP contribution is -1.66. The second-order valence-electron chi connectivity index (χ2n) is 4.52. The first-order valence-corrected chi connectivity index (χ1v) is 7.30. The molecular formula is C18H14BrN. The second kappa shape index (κ2) is 5.93. The molecule has 1 N–H and O–H groups in total. The quantitative estimate of drug-likeness (QED) is 0.423. The van der Waals surface area contributed by atoms with E-state index in [0.29, 0.717) is 0 Å². The zero-order valence-corrected chi connectivity index (χ0v) is 12.5. The zero-order valence-electron chi connectivity index (χ0n) is 10.9. The van der Waals surface area contributed by atoms with E-state index < -0.39 is 0 Å². The minimum absolute atomic E-state index is 1.12. The molecule has 0 unspecified atom stereocenters. The van der Waals surface area contributed by atoms with Crippen LogP contribution in [0.5, 0.6) is 0 Å². The third kappa shape index (κ3) is 2.75. The Morgan fingerprint density at radius 1 is 0.600 bits per heavy atom. The number of nitrogens with one attached hydrogen (secondary N) is 1. The number of aromatic amines is 1. The van der Waals surface area contributed by atoms with Crippen LogP contribution in [0.1, 0.15) is 0 Å². The zero-order chi connectivity index (χ0) is 13.8. The molecule has 0 spiro atoms. The number of H-pyrrole nitrogens is 1. The van der Waals surface area contributed by atoms with Crippen LogP contribution in [0.3, 0.4) is 0 Å². The van der Waals surface area contributed by atoms with Gasteiger partial charge in [0, 0.05) is 26.3 Å². The average molecular weight is 324 g/mol. The van der Waals surface area contributed by atoms with E-state index in [1.54, 1.807) is 0 Å². The van der Waals surface area contributed by atoms with Gasteiger partial charge in [0.2, 0.25) is 0 Å². The molecule has 0 fully saturated rings. The van der Waals surface area contributed by atoms with Crippen molar-refractivity contribution in [2.45, 2.75) is 0 Å². The van der Waals surface area contributed by atoms with Crippen LogP contribution in [0.2, 0.25) is 0 Å². The predicted molar refractivity (Wildman–Crippen MR) is 89.9 cm³/mol. The van der Waals surface area contributed by atoms with Crippen molar-refractivity contribution in [1.29, 1.82) is 0 Å². The van der Waals surface area contributed by atoms with E-state index in [-0.39, 0.29) is 0 Å². The molecule has 1 heterocycles. The Morgan fingerprint density at radius 3 is 1.90 bits per heavy atom. The molecule has 0 amide bonds. The topological polar surface area (TPSA) is 15.8 Å². The largest absolute Gasteiger partial charge is 0.355 e. The maximum absolute atomic E-state index is 3.49. The Morgan fingerprint density at radius 2 is 1.20 bits per heavy atom. The lowest BCUT2D eigenvalue weighted by Gasteiger charge is -1.91. The number of halogens is 1. The van der Waals surface area contributed by atoms with Gasteiger partial charge in [0.1, 0.15) is 0 Å². The van der Waals surface area contributed by atoms with E-state index in [1.807, 2.05) is 42.5 Å². The minimum Gasteiger partial charge on any atom is -0.355 e. The van der Waals surface area contributed by atoms with Crippen LogP contribution in [-0.4, -0.2) is 4.98 Å². The molecule has 20 heavy (non-hydrogen) atoms. The molecule has 1 aromatic heterocycles. The van der Waals surface area contributed by atoms with E-state index in [1.165, 1.54) is 21.8 Å². The summed E-state index contributed by atoms with van der Waals surface area (Å²) in [6, 6.07) is 26.7. The maximum atomic E-state index is 3.49. The SMILES string of the molecule is Brc1ccc2[nH]c3ccccc3c2c1.c1ccccc1. The highest BCUT2D eigenvalue weighted by molar-refractivity contribution is 9.10. The van der Waals surface area contributed by atoms with Gasteiger partial charge in [-0.05, 0) is 24.3 Å². The van der Waals surface area contributed by atoms with Crippen LogP contribution in [0, 0.1) is 0 Å². The van der Waals surface area contributed by atoms with Crippen molar-refractivity contribution in [1.82, 2.24) is 4.98 Å². The lowest BCUT2D eigenvalue weighted by atomic mass is 10.2. The first-order chi connectivity index (χ1) is 9.84. The Bertz CT molecular complexity index is 792. The molecule has 0 atom stereocenters. The first kappa shape index (κ1) is 12.9. The molecule has 4 aromatic rings. The number of aromatic nitrogens is 1. The number of para-hydroxylation sites is 1. The Hall–Kier alpha value is -2.06. The van der Waals surface area contributed by atoms with E-state index in [4.69, 9.17) is 0 Å². The van der Waals surface area contributed by atoms with E-state index in [9.17, 15) is 0 Å². The highest BCUT2D eigenvalue weighted by Crippen LogP contribution is 2.27. The molecule has 0 bridgehead atoms. The highest BCUT2D eigenvalue weighted by atomic mass is 79.9. The molecule has 0 aliphatic heterocycles. The molecule has 0 saturated carbocycles. The summed E-state index contributed by atoms with van der Waals surface area (Å²) in [5, 5.41) is 2.55. The van der Waals surface area contributed by atoms with Gasteiger partial charge in [0.25, 0.3) is 0 Å². The van der Waals surface area contributed by atoms with Gasteiger partial charge in [-0.25, -0.2) is 0 Å². The summed E-state index contributed by atoms with van der Waals surface area (Å²) >= 11 is 3.49. The van der Waals surface area contributed by atoms with Gasteiger partial charge in [0.05, 0.1) is 0 Å². The molecule has 0 saturated heterocycles. The fraction of sp³-hybridized carbons (Fsp3) is 0. The molecule has 0 aliphatic rings. The number of hydrogen-bond acceptors (Lipinski definition) is 0. The summed E-state index contributed by atoms with van der Waals surface area (Å²) in [6.45, 7) is 0. The molecule has 0 radical (unpaired) electrons. The minimum atomic E-state index is 1.12. The van der Waals surface area contributed by atoms with E-state index >= 15 is 0 Å². The smallest absolute Gasteiger partial charge is 0.0465 e. The fourth-order valence-corrected chi connectivity index (χ4v) is 2.57. The van der Waals surface area contributed by atoms with Gasteiger partial charge < -0.3 is 4.98 Å². The summed E-state index contributed by atoms with van der Waals surface area (Å²) < 4.78 is 1.12. The molecule has 4 rings (SSSR count). The summed E-state index contributed by atoms with van der Waals surface area (Å²) in [6.07, 6.45) is 0. The van der Waals surface area contributed by atoms with Crippen molar-refractivity contribution in [3.8, 4) is 0 Å². The summed E-state index contributed by atoms with van der Waals surface area (Å²) in [5.41, 5.74) is 2.38. The van der Waals surface area contributed by atoms with E-state index in [2.05, 4.69) is 57.3 Å². The van der Waals surface area contributed by atoms with Crippen LogP contribution in [0.4, 0.5) is 0 Å². The van der Waals surface area contributed by atoms with Crippen LogP contribution in [0.15, 0.2) is 83.3 Å². The van der Waals surface area contributed by atoms with E-state index in [0.717, 1.165) is 4.47 Å². The summed E-state index contributed by atoms with van der Waals surface area (Å²) in [4.78, 5) is 3.38. The molecule has 2 heteroatoms. The monoisotopic (exact) mass is 323 g/mol. The van der Waals surface area contributed by atoms with Crippen LogP contribution >= 0.6 is 15.9 Å². The van der Waals surface area contributed by atoms with Crippen molar-refractivity contribution in [2.75, 3.05) is 0 Å². The normalized spacial score (nSPS) is 10.2. The third-order valence-electron chi connectivity index (χ3n) is 3.13. The third-order valence-corrected chi connectivity index (χ3v) is 3.63.